The van der Waals surface area contributed by atoms with Crippen LogP contribution in [0.2, 0.25) is 0 Å². The molecule has 1 aliphatic rings. The molecule has 4 heteroatoms. The van der Waals surface area contributed by atoms with E-state index >= 15 is 0 Å². The normalized spacial score (nSPS) is 26.4. The molecule has 0 aromatic carbocycles. The van der Waals surface area contributed by atoms with E-state index in [2.05, 4.69) is 5.43 Å². The highest BCUT2D eigenvalue weighted by molar-refractivity contribution is 8.01. The predicted octanol–water partition coefficient (Wildman–Crippen LogP) is -0.518. The molecule has 0 aromatic heterocycles. The Morgan fingerprint density at radius 1 is 1.88 bits per heavy atom. The molecule has 0 spiro atoms. The Morgan fingerprint density at radius 2 is 2.50 bits per heavy atom. The third kappa shape index (κ3) is 0.952. The average Bonchev–Trinajstić information content (AvgIpc) is 1.62. The number of nitrogens with one attached hydrogen (secondary N) is 1. The fourth-order valence-electron chi connectivity index (χ4n) is 0.535. The first-order valence-corrected chi connectivity index (χ1v) is 3.51. The molecule has 46 valence electrons. The molecular weight excluding hydrogens is 124 g/mol. The van der Waals surface area contributed by atoms with Gasteiger partial charge < -0.3 is 0 Å². The van der Waals surface area contributed by atoms with E-state index in [1.807, 2.05) is 0 Å². The smallest absolute Gasteiger partial charge is 0.247 e. The van der Waals surface area contributed by atoms with Gasteiger partial charge in [-0.15, -0.1) is 11.8 Å². The van der Waals surface area contributed by atoms with Gasteiger partial charge in [0.05, 0.1) is 5.25 Å². The molecule has 0 aromatic rings. The number of hydrazine groups is 1. The van der Waals surface area contributed by atoms with Crippen molar-refractivity contribution in [1.82, 2.24) is 5.43 Å². The number of thioether (sulfide) groups is 1. The fraction of sp³-hybridized carbons (Fsp3) is 0.750. The molecule has 0 saturated carbocycles. The van der Waals surface area contributed by atoms with Crippen molar-refractivity contribution < 1.29 is 4.79 Å². The van der Waals surface area contributed by atoms with Gasteiger partial charge in [0.15, 0.2) is 0 Å². The summed E-state index contributed by atoms with van der Waals surface area (Å²) < 4.78 is 0. The second-order valence-electron chi connectivity index (χ2n) is 1.66. The molecule has 3 N–H and O–H groups in total. The minimum atomic E-state index is -0.0405. The Balaban J connectivity index is 2.24. The number of carbonyl (C=O) groups excluding carboxylic acids is 1. The zero-order valence-corrected chi connectivity index (χ0v) is 5.20. The van der Waals surface area contributed by atoms with Crippen molar-refractivity contribution in [3.63, 3.8) is 0 Å². The van der Waals surface area contributed by atoms with Crippen molar-refractivity contribution in [2.45, 2.75) is 11.7 Å². The lowest BCUT2D eigenvalue weighted by Gasteiger charge is -2.21. The van der Waals surface area contributed by atoms with Crippen LogP contribution in [0, 0.1) is 0 Å². The van der Waals surface area contributed by atoms with Crippen molar-refractivity contribution in [2.24, 2.45) is 5.84 Å². The number of amides is 1. The summed E-state index contributed by atoms with van der Waals surface area (Å²) in [6.45, 7) is 0. The van der Waals surface area contributed by atoms with Crippen molar-refractivity contribution >= 4 is 17.7 Å². The lowest BCUT2D eigenvalue weighted by Crippen LogP contribution is -2.41. The van der Waals surface area contributed by atoms with Crippen LogP contribution in [0.5, 0.6) is 0 Å². The molecule has 1 heterocycles. The van der Waals surface area contributed by atoms with Gasteiger partial charge in [-0.2, -0.15) is 0 Å². The molecular formula is C4H8N2OS. The topological polar surface area (TPSA) is 55.1 Å². The molecule has 3 nitrogen and oxygen atoms in total. The molecule has 1 aliphatic heterocycles. The Bertz CT molecular complexity index is 102. The van der Waals surface area contributed by atoms with E-state index in [1.165, 1.54) is 0 Å². The van der Waals surface area contributed by atoms with Crippen LogP contribution in [0.15, 0.2) is 0 Å². The van der Waals surface area contributed by atoms with Gasteiger partial charge in [0.2, 0.25) is 5.91 Å². The lowest BCUT2D eigenvalue weighted by molar-refractivity contribution is -0.120. The highest BCUT2D eigenvalue weighted by Gasteiger charge is 2.24. The maximum Gasteiger partial charge on any atom is 0.247 e. The molecule has 1 fully saturated rings. The van der Waals surface area contributed by atoms with Gasteiger partial charge in [-0.3, -0.25) is 10.2 Å². The minimum absolute atomic E-state index is 0.0405. The summed E-state index contributed by atoms with van der Waals surface area (Å²) in [7, 11) is 0. The van der Waals surface area contributed by atoms with Crippen LogP contribution in [-0.4, -0.2) is 16.9 Å². The predicted molar refractivity (Wildman–Crippen MR) is 33.2 cm³/mol. The molecule has 0 aliphatic carbocycles. The van der Waals surface area contributed by atoms with Gasteiger partial charge in [0, 0.05) is 0 Å². The summed E-state index contributed by atoms with van der Waals surface area (Å²) in [6.07, 6.45) is 0.980. The molecule has 0 bridgehead atoms. The van der Waals surface area contributed by atoms with Crippen molar-refractivity contribution in [3.05, 3.63) is 0 Å². The Morgan fingerprint density at radius 3 is 2.62 bits per heavy atom. The SMILES string of the molecule is NNC(=O)C1CCS1. The van der Waals surface area contributed by atoms with Gasteiger partial charge in [-0.25, -0.2) is 5.84 Å². The zero-order chi connectivity index (χ0) is 5.98. The van der Waals surface area contributed by atoms with Crippen LogP contribution < -0.4 is 11.3 Å². The number of hydrogen-bond donors (Lipinski definition) is 2. The minimum Gasteiger partial charge on any atom is -0.293 e. The lowest BCUT2D eigenvalue weighted by atomic mass is 10.3. The number of hydrogen-bond acceptors (Lipinski definition) is 3. The quantitative estimate of drug-likeness (QED) is 0.287. The van der Waals surface area contributed by atoms with E-state index in [1.54, 1.807) is 11.8 Å². The summed E-state index contributed by atoms with van der Waals surface area (Å²) in [6, 6.07) is 0. The highest BCUT2D eigenvalue weighted by atomic mass is 32.2. The van der Waals surface area contributed by atoms with Gasteiger partial charge in [0.25, 0.3) is 0 Å². The monoisotopic (exact) mass is 132 g/mol. The van der Waals surface area contributed by atoms with Gasteiger partial charge in [-0.1, -0.05) is 0 Å². The molecule has 1 amide bonds. The van der Waals surface area contributed by atoms with Crippen LogP contribution in [0.4, 0.5) is 0 Å². The van der Waals surface area contributed by atoms with Crippen LogP contribution in [0.3, 0.4) is 0 Å². The van der Waals surface area contributed by atoms with E-state index in [0.29, 0.717) is 0 Å². The largest absolute Gasteiger partial charge is 0.293 e. The first-order chi connectivity index (χ1) is 3.84. The van der Waals surface area contributed by atoms with E-state index < -0.39 is 0 Å². The zero-order valence-electron chi connectivity index (χ0n) is 4.39. The molecule has 1 unspecified atom stereocenters. The molecule has 1 atom stereocenters. The first-order valence-electron chi connectivity index (χ1n) is 2.46. The molecule has 8 heavy (non-hydrogen) atoms. The van der Waals surface area contributed by atoms with Crippen molar-refractivity contribution in [3.8, 4) is 0 Å². The second-order valence-corrected chi connectivity index (χ2v) is 2.97. The van der Waals surface area contributed by atoms with Crippen LogP contribution >= 0.6 is 11.8 Å². The van der Waals surface area contributed by atoms with Crippen LogP contribution in [0.25, 0.3) is 0 Å². The summed E-state index contributed by atoms with van der Waals surface area (Å²) in [5.74, 6) is 5.92. The van der Waals surface area contributed by atoms with E-state index in [9.17, 15) is 4.79 Å². The third-order valence-electron chi connectivity index (χ3n) is 1.13. The third-order valence-corrected chi connectivity index (χ3v) is 2.46. The van der Waals surface area contributed by atoms with E-state index in [0.717, 1.165) is 12.2 Å². The van der Waals surface area contributed by atoms with E-state index in [-0.39, 0.29) is 11.2 Å². The number of nitrogens with two attached hydrogens (primary N) is 1. The summed E-state index contributed by atoms with van der Waals surface area (Å²) in [5, 5.41) is 0.139. The first kappa shape index (κ1) is 5.91. The van der Waals surface area contributed by atoms with Gasteiger partial charge in [0.1, 0.15) is 0 Å². The summed E-state index contributed by atoms with van der Waals surface area (Å²) in [5.41, 5.74) is 2.11. The fourth-order valence-corrected chi connectivity index (χ4v) is 1.23. The molecule has 1 rings (SSSR count). The van der Waals surface area contributed by atoms with Crippen LogP contribution in [-0.2, 0) is 4.79 Å². The Hall–Kier alpha value is -0.220. The van der Waals surface area contributed by atoms with Gasteiger partial charge in [-0.05, 0) is 12.2 Å². The standard InChI is InChI=1S/C4H8N2OS/c5-6-4(7)3-1-2-8-3/h3H,1-2,5H2,(H,6,7). The van der Waals surface area contributed by atoms with Crippen molar-refractivity contribution in [2.75, 3.05) is 5.75 Å². The maximum absolute atomic E-state index is 10.5. The Kier molecular flexibility index (Phi) is 1.75. The summed E-state index contributed by atoms with van der Waals surface area (Å²) in [4.78, 5) is 10.5. The highest BCUT2D eigenvalue weighted by Crippen LogP contribution is 2.27. The Labute approximate surface area is 52.0 Å². The molecule has 0 radical (unpaired) electrons. The average molecular weight is 132 g/mol. The van der Waals surface area contributed by atoms with Crippen LogP contribution in [0.1, 0.15) is 6.42 Å². The summed E-state index contributed by atoms with van der Waals surface area (Å²) >= 11 is 1.65. The van der Waals surface area contributed by atoms with Crippen molar-refractivity contribution in [1.29, 1.82) is 0 Å². The maximum atomic E-state index is 10.5. The second kappa shape index (κ2) is 2.37. The number of rotatable bonds is 1. The number of carbonyl (C=O) groups is 1. The van der Waals surface area contributed by atoms with E-state index in [4.69, 9.17) is 5.84 Å². The molecule has 1 saturated heterocycles. The van der Waals surface area contributed by atoms with Gasteiger partial charge >= 0.3 is 0 Å².